The van der Waals surface area contributed by atoms with Crippen LogP contribution in [0.25, 0.3) is 11.8 Å². The first-order chi connectivity index (χ1) is 21.4. The minimum atomic E-state index is -0.746. The molecule has 0 saturated carbocycles. The average molecular weight is 636 g/mol. The van der Waals surface area contributed by atoms with Crippen LogP contribution in [0.15, 0.2) is 122 Å². The Balaban J connectivity index is 1.41. The Morgan fingerprint density at radius 3 is 2.45 bits per heavy atom. The van der Waals surface area contributed by atoms with Crippen molar-refractivity contribution < 1.29 is 9.53 Å². The first-order valence-electron chi connectivity index (χ1n) is 14.1. The molecule has 7 rings (SSSR count). The minimum absolute atomic E-state index is 0.193. The van der Waals surface area contributed by atoms with Gasteiger partial charge in [0.2, 0.25) is 0 Å². The van der Waals surface area contributed by atoms with Crippen LogP contribution in [0, 0.1) is 0 Å². The Labute approximate surface area is 267 Å². The van der Waals surface area contributed by atoms with Gasteiger partial charge >= 0.3 is 5.97 Å². The molecule has 2 aliphatic rings. The van der Waals surface area contributed by atoms with Gasteiger partial charge in [-0.2, -0.15) is 0 Å². The lowest BCUT2D eigenvalue weighted by molar-refractivity contribution is -0.138. The van der Waals surface area contributed by atoms with Gasteiger partial charge in [0.15, 0.2) is 4.80 Å². The number of fused-ring (bicyclic) bond motifs is 3. The van der Waals surface area contributed by atoms with E-state index in [1.807, 2.05) is 66.7 Å². The number of aromatic nitrogens is 1. The van der Waals surface area contributed by atoms with E-state index in [2.05, 4.69) is 36.2 Å². The second-order valence-electron chi connectivity index (χ2n) is 10.3. The van der Waals surface area contributed by atoms with Gasteiger partial charge in [0.1, 0.15) is 0 Å². The number of carbonyl (C=O) groups is 1. The molecule has 5 aromatic rings. The zero-order valence-electron chi connectivity index (χ0n) is 23.9. The molecule has 2 aliphatic heterocycles. The fraction of sp³-hybridized carbons (Fsp3) is 0.114. The summed E-state index contributed by atoms with van der Waals surface area (Å²) >= 11 is 9.27. The summed E-state index contributed by atoms with van der Waals surface area (Å²) in [6.45, 7) is 1.96. The second-order valence-corrected chi connectivity index (χ2v) is 12.9. The highest BCUT2D eigenvalue weighted by molar-refractivity contribution is 7.99. The summed E-state index contributed by atoms with van der Waals surface area (Å²) in [6.07, 6.45) is 1.90. The predicted octanol–water partition coefficient (Wildman–Crippen LogP) is 6.82. The lowest BCUT2D eigenvalue weighted by Crippen LogP contribution is -2.40. The van der Waals surface area contributed by atoms with Crippen molar-refractivity contribution in [2.45, 2.75) is 22.8 Å². The number of anilines is 2. The summed E-state index contributed by atoms with van der Waals surface area (Å²) in [5.41, 5.74) is 5.26. The fourth-order valence-electron chi connectivity index (χ4n) is 5.60. The molecular weight excluding hydrogens is 610 g/mol. The summed E-state index contributed by atoms with van der Waals surface area (Å²) < 4.78 is 7.67. The maximum absolute atomic E-state index is 14.2. The molecule has 0 saturated heterocycles. The maximum atomic E-state index is 14.2. The number of carbonyl (C=O) groups excluding carboxylic acids is 1. The van der Waals surface area contributed by atoms with Gasteiger partial charge in [-0.25, -0.2) is 9.79 Å². The van der Waals surface area contributed by atoms with Crippen LogP contribution in [0.5, 0.6) is 0 Å². The monoisotopic (exact) mass is 635 g/mol. The molecule has 0 radical (unpaired) electrons. The number of para-hydroxylation sites is 1. The standard InChI is InChI=1S/C35H26ClN3O3S2/c1-3-42-34(41)30-31(22-9-5-4-6-10-22)37-35-39(32(30)23-14-16-24(36)17-15-23)33(40)29(44-35)20-21-13-18-26-28(19-21)43-27-12-8-7-11-25(27)38(26)2/h4-20,32H,3H2,1-2H3/b29-20+/t32-/m0/s1. The number of thiazole rings is 1. The molecular formula is C35H26ClN3O3S2. The zero-order valence-corrected chi connectivity index (χ0v) is 26.2. The Morgan fingerprint density at radius 2 is 1.68 bits per heavy atom. The molecule has 0 unspecified atom stereocenters. The Morgan fingerprint density at radius 1 is 0.955 bits per heavy atom. The quantitative estimate of drug-likeness (QED) is 0.198. The van der Waals surface area contributed by atoms with E-state index in [4.69, 9.17) is 21.3 Å². The predicted molar refractivity (Wildman–Crippen MR) is 178 cm³/mol. The van der Waals surface area contributed by atoms with E-state index in [1.54, 1.807) is 35.4 Å². The first-order valence-corrected chi connectivity index (χ1v) is 16.1. The van der Waals surface area contributed by atoms with Crippen LogP contribution >= 0.6 is 34.7 Å². The van der Waals surface area contributed by atoms with Crippen LogP contribution in [0.3, 0.4) is 0 Å². The van der Waals surface area contributed by atoms with Gasteiger partial charge in [-0.3, -0.25) is 9.36 Å². The number of hydrogen-bond donors (Lipinski definition) is 0. The van der Waals surface area contributed by atoms with Crippen molar-refractivity contribution in [1.82, 2.24) is 4.57 Å². The van der Waals surface area contributed by atoms with Gasteiger partial charge in [0.25, 0.3) is 5.56 Å². The molecule has 4 aromatic carbocycles. The highest BCUT2D eigenvalue weighted by Crippen LogP contribution is 2.47. The Hall–Kier alpha value is -4.37. The van der Waals surface area contributed by atoms with Crippen molar-refractivity contribution in [2.75, 3.05) is 18.6 Å². The molecule has 0 aliphatic carbocycles. The fourth-order valence-corrected chi connectivity index (χ4v) is 7.92. The number of nitrogens with zero attached hydrogens (tertiary/aromatic N) is 3. The third-order valence-electron chi connectivity index (χ3n) is 7.65. The van der Waals surface area contributed by atoms with Gasteiger partial charge in [-0.05, 0) is 60.5 Å². The molecule has 0 N–H and O–H groups in total. The second kappa shape index (κ2) is 11.6. The maximum Gasteiger partial charge on any atom is 0.338 e. The summed E-state index contributed by atoms with van der Waals surface area (Å²) in [5, 5.41) is 0.560. The number of benzene rings is 4. The molecule has 1 aromatic heterocycles. The lowest BCUT2D eigenvalue weighted by Gasteiger charge is -2.29. The Bertz CT molecular complexity index is 2140. The molecule has 6 nitrogen and oxygen atoms in total. The molecule has 44 heavy (non-hydrogen) atoms. The third kappa shape index (κ3) is 4.99. The molecule has 0 fully saturated rings. The number of ether oxygens (including phenoxy) is 1. The van der Waals surface area contributed by atoms with Crippen LogP contribution in [0.1, 0.15) is 29.7 Å². The first kappa shape index (κ1) is 28.4. The van der Waals surface area contributed by atoms with Gasteiger partial charge in [0.05, 0.1) is 39.8 Å². The molecule has 0 spiro atoms. The SMILES string of the molecule is CCOC(=O)C1=C(c2ccccc2)N=c2s/c(=C/c3ccc4c(c3)Sc3ccccc3N4C)c(=O)n2[C@H]1c1ccc(Cl)cc1. The minimum Gasteiger partial charge on any atom is -0.463 e. The van der Waals surface area contributed by atoms with Gasteiger partial charge in [0, 0.05) is 27.4 Å². The topological polar surface area (TPSA) is 63.9 Å². The highest BCUT2D eigenvalue weighted by atomic mass is 35.5. The van der Waals surface area contributed by atoms with Crippen LogP contribution in [-0.2, 0) is 9.53 Å². The smallest absolute Gasteiger partial charge is 0.338 e. The van der Waals surface area contributed by atoms with Gasteiger partial charge in [-0.15, -0.1) is 0 Å². The van der Waals surface area contributed by atoms with E-state index in [1.165, 1.54) is 21.9 Å². The van der Waals surface area contributed by atoms with E-state index in [9.17, 15) is 9.59 Å². The molecule has 3 heterocycles. The van der Waals surface area contributed by atoms with Crippen LogP contribution in [-0.4, -0.2) is 24.2 Å². The van der Waals surface area contributed by atoms with Crippen LogP contribution in [0.2, 0.25) is 5.02 Å². The van der Waals surface area contributed by atoms with E-state index >= 15 is 0 Å². The average Bonchev–Trinajstić information content (AvgIpc) is 3.35. The largest absolute Gasteiger partial charge is 0.463 e. The summed E-state index contributed by atoms with van der Waals surface area (Å²) in [4.78, 5) is 37.7. The summed E-state index contributed by atoms with van der Waals surface area (Å²) in [5.74, 6) is -0.513. The van der Waals surface area contributed by atoms with E-state index in [0.717, 1.165) is 27.3 Å². The van der Waals surface area contributed by atoms with E-state index in [0.29, 0.717) is 25.6 Å². The normalized spacial score (nSPS) is 15.8. The zero-order chi connectivity index (χ0) is 30.4. The highest BCUT2D eigenvalue weighted by Gasteiger charge is 2.35. The van der Waals surface area contributed by atoms with Crippen molar-refractivity contribution >= 4 is 63.8 Å². The molecule has 9 heteroatoms. The lowest BCUT2D eigenvalue weighted by atomic mass is 9.93. The van der Waals surface area contributed by atoms with Crippen LogP contribution in [0.4, 0.5) is 11.4 Å². The van der Waals surface area contributed by atoms with E-state index in [-0.39, 0.29) is 12.2 Å². The number of rotatable bonds is 5. The number of halogens is 1. The third-order valence-corrected chi connectivity index (χ3v) is 10.00. The van der Waals surface area contributed by atoms with Crippen LogP contribution < -0.4 is 19.8 Å². The van der Waals surface area contributed by atoms with Gasteiger partial charge in [-0.1, -0.05) is 95.4 Å². The number of esters is 1. The van der Waals surface area contributed by atoms with Gasteiger partial charge < -0.3 is 9.64 Å². The molecule has 218 valence electrons. The van der Waals surface area contributed by atoms with Crippen molar-refractivity contribution in [3.63, 3.8) is 0 Å². The number of hydrogen-bond acceptors (Lipinski definition) is 7. The summed E-state index contributed by atoms with van der Waals surface area (Å²) in [7, 11) is 2.07. The van der Waals surface area contributed by atoms with Crippen molar-refractivity contribution in [1.29, 1.82) is 0 Å². The van der Waals surface area contributed by atoms with Crippen molar-refractivity contribution in [3.05, 3.63) is 144 Å². The van der Waals surface area contributed by atoms with E-state index < -0.39 is 12.0 Å². The van der Waals surface area contributed by atoms with Crippen molar-refractivity contribution in [3.8, 4) is 0 Å². The molecule has 1 atom stereocenters. The molecule has 0 amide bonds. The summed E-state index contributed by atoms with van der Waals surface area (Å²) in [6, 6.07) is 30.5. The Kier molecular flexibility index (Phi) is 7.50. The molecule has 0 bridgehead atoms. The van der Waals surface area contributed by atoms with Crippen molar-refractivity contribution in [2.24, 2.45) is 4.99 Å².